The van der Waals surface area contributed by atoms with Gasteiger partial charge in [0.1, 0.15) is 5.57 Å². The molecule has 1 amide bonds. The van der Waals surface area contributed by atoms with Gasteiger partial charge in [-0.3, -0.25) is 14.9 Å². The van der Waals surface area contributed by atoms with Crippen molar-refractivity contribution in [1.82, 2.24) is 4.98 Å². The zero-order chi connectivity index (χ0) is 24.6. The number of anilines is 1. The van der Waals surface area contributed by atoms with Crippen molar-refractivity contribution in [3.8, 4) is 0 Å². The van der Waals surface area contributed by atoms with E-state index in [9.17, 15) is 14.4 Å². The van der Waals surface area contributed by atoms with E-state index in [1.54, 1.807) is 67.6 Å². The molecule has 0 saturated heterocycles. The van der Waals surface area contributed by atoms with Crippen LogP contribution in [0.25, 0.3) is 22.4 Å². The second-order valence-corrected chi connectivity index (χ2v) is 8.48. The fourth-order valence-electron chi connectivity index (χ4n) is 3.29. The average molecular weight is 483 g/mol. The summed E-state index contributed by atoms with van der Waals surface area (Å²) < 4.78 is 6.09. The first kappa shape index (κ1) is 23.8. The lowest BCUT2D eigenvalue weighted by Crippen LogP contribution is -2.16. The van der Waals surface area contributed by atoms with Gasteiger partial charge in [0.2, 0.25) is 5.91 Å². The Bertz CT molecular complexity index is 1390. The Labute approximate surface area is 206 Å². The Morgan fingerprint density at radius 1 is 0.914 bits per heavy atom. The van der Waals surface area contributed by atoms with Crippen LogP contribution in [-0.4, -0.2) is 29.3 Å². The van der Waals surface area contributed by atoms with Crippen LogP contribution < -0.4 is 5.32 Å². The molecule has 6 nitrogen and oxygen atoms in total. The molecule has 0 fully saturated rings. The summed E-state index contributed by atoms with van der Waals surface area (Å²) in [5, 5.41) is 3.31. The summed E-state index contributed by atoms with van der Waals surface area (Å²) in [5.74, 6) is -1.36. The number of fused-ring (bicyclic) bond motifs is 1. The first-order valence-corrected chi connectivity index (χ1v) is 11.8. The number of carbonyl (C=O) groups is 3. The Morgan fingerprint density at radius 2 is 1.60 bits per heavy atom. The largest absolute Gasteiger partial charge is 0.462 e. The molecule has 35 heavy (non-hydrogen) atoms. The molecule has 174 valence electrons. The molecule has 3 aromatic carbocycles. The number of hydrogen-bond donors (Lipinski definition) is 1. The maximum atomic E-state index is 12.9. The summed E-state index contributed by atoms with van der Waals surface area (Å²) in [4.78, 5) is 42.0. The number of nitrogens with zero attached hydrogens (tertiary/aromatic N) is 1. The molecule has 0 saturated carbocycles. The van der Waals surface area contributed by atoms with Crippen LogP contribution in [0.3, 0.4) is 0 Å². The van der Waals surface area contributed by atoms with Gasteiger partial charge in [0, 0.05) is 11.6 Å². The molecule has 0 unspecified atom stereocenters. The number of amides is 1. The maximum Gasteiger partial charge on any atom is 0.342 e. The van der Waals surface area contributed by atoms with Crippen molar-refractivity contribution in [1.29, 1.82) is 0 Å². The van der Waals surface area contributed by atoms with Gasteiger partial charge in [0.25, 0.3) is 0 Å². The number of nitrogens with one attached hydrogen (secondary N) is 1. The highest BCUT2D eigenvalue weighted by atomic mass is 32.1. The van der Waals surface area contributed by atoms with Crippen LogP contribution in [0.1, 0.15) is 28.4 Å². The molecule has 0 bridgehead atoms. The first-order chi connectivity index (χ1) is 17.0. The number of carbonyl (C=O) groups excluding carboxylic acids is 3. The van der Waals surface area contributed by atoms with Crippen LogP contribution in [0.5, 0.6) is 0 Å². The highest BCUT2D eigenvalue weighted by Crippen LogP contribution is 2.25. The third-order valence-corrected chi connectivity index (χ3v) is 5.93. The summed E-state index contributed by atoms with van der Waals surface area (Å²) in [5.41, 5.74) is 2.65. The molecule has 0 aliphatic carbocycles. The van der Waals surface area contributed by atoms with Gasteiger partial charge in [-0.25, -0.2) is 9.78 Å². The van der Waals surface area contributed by atoms with Crippen LogP contribution in [0.2, 0.25) is 0 Å². The topological polar surface area (TPSA) is 85.4 Å². The number of ether oxygens (including phenoxy) is 1. The highest BCUT2D eigenvalue weighted by Gasteiger charge is 2.21. The quantitative estimate of drug-likeness (QED) is 0.113. The van der Waals surface area contributed by atoms with Gasteiger partial charge in [-0.1, -0.05) is 78.1 Å². The molecular weight excluding hydrogens is 460 g/mol. The number of ketones is 1. The zero-order valence-electron chi connectivity index (χ0n) is 18.9. The van der Waals surface area contributed by atoms with Crippen molar-refractivity contribution in [3.05, 3.63) is 107 Å². The molecule has 4 aromatic rings. The number of esters is 1. The summed E-state index contributed by atoms with van der Waals surface area (Å²) >= 11 is 1.41. The minimum Gasteiger partial charge on any atom is -0.462 e. The maximum absolute atomic E-state index is 12.9. The Balaban J connectivity index is 1.46. The van der Waals surface area contributed by atoms with E-state index < -0.39 is 11.8 Å². The van der Waals surface area contributed by atoms with Gasteiger partial charge in [0.05, 0.1) is 16.8 Å². The highest BCUT2D eigenvalue weighted by molar-refractivity contribution is 7.22. The molecule has 7 heteroatoms. The van der Waals surface area contributed by atoms with E-state index >= 15 is 0 Å². The lowest BCUT2D eigenvalue weighted by Gasteiger charge is -2.07. The van der Waals surface area contributed by atoms with Crippen LogP contribution in [0, 0.1) is 0 Å². The molecule has 0 aliphatic heterocycles. The Kier molecular flexibility index (Phi) is 7.60. The molecule has 0 aliphatic rings. The SMILES string of the molecule is CCOC(=O)C(=Cc1ccc(C=CC(=O)Nc2nc3ccccc3s2)cc1)C(=O)c1ccccc1. The monoisotopic (exact) mass is 482 g/mol. The van der Waals surface area contributed by atoms with Crippen LogP contribution in [0.4, 0.5) is 5.13 Å². The van der Waals surface area contributed by atoms with Gasteiger partial charge in [-0.2, -0.15) is 0 Å². The molecule has 1 aromatic heterocycles. The van der Waals surface area contributed by atoms with Gasteiger partial charge >= 0.3 is 5.97 Å². The molecule has 1 N–H and O–H groups in total. The molecule has 4 rings (SSSR count). The summed E-state index contributed by atoms with van der Waals surface area (Å²) in [7, 11) is 0. The lowest BCUT2D eigenvalue weighted by atomic mass is 10.0. The van der Waals surface area contributed by atoms with E-state index in [1.165, 1.54) is 23.5 Å². The second kappa shape index (κ2) is 11.2. The fourth-order valence-corrected chi connectivity index (χ4v) is 4.15. The number of benzene rings is 3. The lowest BCUT2D eigenvalue weighted by molar-refractivity contribution is -0.137. The van der Waals surface area contributed by atoms with Crippen molar-refractivity contribution in [2.24, 2.45) is 0 Å². The second-order valence-electron chi connectivity index (χ2n) is 7.45. The Morgan fingerprint density at radius 3 is 2.31 bits per heavy atom. The van der Waals surface area contributed by atoms with E-state index in [2.05, 4.69) is 10.3 Å². The van der Waals surface area contributed by atoms with Crippen molar-refractivity contribution in [2.45, 2.75) is 6.92 Å². The van der Waals surface area contributed by atoms with Crippen molar-refractivity contribution in [2.75, 3.05) is 11.9 Å². The summed E-state index contributed by atoms with van der Waals surface area (Å²) in [6, 6.07) is 23.4. The predicted octanol–water partition coefficient (Wildman–Crippen LogP) is 5.78. The number of para-hydroxylation sites is 1. The van der Waals surface area contributed by atoms with E-state index in [1.807, 2.05) is 24.3 Å². The molecular formula is C28H22N2O4S. The van der Waals surface area contributed by atoms with E-state index in [0.29, 0.717) is 16.3 Å². The normalized spacial score (nSPS) is 11.5. The van der Waals surface area contributed by atoms with Crippen molar-refractivity contribution >= 4 is 56.5 Å². The minimum atomic E-state index is -0.670. The molecule has 0 spiro atoms. The minimum absolute atomic E-state index is 0.0449. The third kappa shape index (κ3) is 6.16. The first-order valence-electron chi connectivity index (χ1n) is 11.0. The van der Waals surface area contributed by atoms with Gasteiger partial charge in [0.15, 0.2) is 10.9 Å². The van der Waals surface area contributed by atoms with E-state index in [4.69, 9.17) is 4.74 Å². The van der Waals surface area contributed by atoms with Crippen LogP contribution in [0.15, 0.2) is 90.5 Å². The third-order valence-electron chi connectivity index (χ3n) is 4.97. The number of Topliss-reactive ketones (excluding diaryl/α,β-unsaturated/α-hetero) is 1. The van der Waals surface area contributed by atoms with Gasteiger partial charge < -0.3 is 4.74 Å². The number of thiazole rings is 1. The van der Waals surface area contributed by atoms with Crippen LogP contribution >= 0.6 is 11.3 Å². The standard InChI is InChI=1S/C28H22N2O4S/c1-2-34-27(33)22(26(32)21-8-4-3-5-9-21)18-20-14-12-19(13-15-20)16-17-25(31)30-28-29-23-10-6-7-11-24(23)35-28/h3-18H,2H2,1H3,(H,29,30,31). The predicted molar refractivity (Wildman–Crippen MR) is 139 cm³/mol. The van der Waals surface area contributed by atoms with Crippen molar-refractivity contribution in [3.63, 3.8) is 0 Å². The van der Waals surface area contributed by atoms with E-state index in [0.717, 1.165) is 15.8 Å². The molecule has 1 heterocycles. The van der Waals surface area contributed by atoms with Gasteiger partial charge in [-0.15, -0.1) is 0 Å². The number of aromatic nitrogens is 1. The smallest absolute Gasteiger partial charge is 0.342 e. The van der Waals surface area contributed by atoms with E-state index in [-0.39, 0.29) is 18.1 Å². The number of rotatable bonds is 8. The molecule has 0 atom stereocenters. The van der Waals surface area contributed by atoms with Crippen molar-refractivity contribution < 1.29 is 19.1 Å². The summed E-state index contributed by atoms with van der Waals surface area (Å²) in [6.45, 7) is 1.86. The zero-order valence-corrected chi connectivity index (χ0v) is 19.7. The van der Waals surface area contributed by atoms with Gasteiger partial charge in [-0.05, 0) is 42.3 Å². The van der Waals surface area contributed by atoms with Crippen LogP contribution in [-0.2, 0) is 14.3 Å². The molecule has 0 radical (unpaired) electrons. The summed E-state index contributed by atoms with van der Waals surface area (Å²) in [6.07, 6.45) is 4.62. The number of hydrogen-bond acceptors (Lipinski definition) is 6. The Hall–Kier alpha value is -4.36. The average Bonchev–Trinajstić information content (AvgIpc) is 3.29. The fraction of sp³-hybridized carbons (Fsp3) is 0.0714.